The van der Waals surface area contributed by atoms with Crippen LogP contribution < -0.4 is 5.32 Å². The second-order valence-electron chi connectivity index (χ2n) is 7.21. The highest BCUT2D eigenvalue weighted by molar-refractivity contribution is 6.23. The zero-order valence-electron chi connectivity index (χ0n) is 16.2. The number of hydrogen-bond acceptors (Lipinski definition) is 5. The fourth-order valence-corrected chi connectivity index (χ4v) is 3.50. The van der Waals surface area contributed by atoms with Gasteiger partial charge in [-0.2, -0.15) is 5.10 Å². The molecule has 0 aliphatic carbocycles. The number of hydrogen-bond donors (Lipinski definition) is 1. The van der Waals surface area contributed by atoms with Crippen LogP contribution in [0.4, 0.5) is 10.1 Å². The summed E-state index contributed by atoms with van der Waals surface area (Å²) in [7, 11) is 0. The third-order valence-electron chi connectivity index (χ3n) is 4.88. The molecule has 0 saturated heterocycles. The molecule has 2 heterocycles. The summed E-state index contributed by atoms with van der Waals surface area (Å²) in [5.74, 6) is -2.58. The van der Waals surface area contributed by atoms with E-state index in [1.54, 1.807) is 38.1 Å². The van der Waals surface area contributed by atoms with Crippen molar-refractivity contribution in [3.05, 3.63) is 72.1 Å². The summed E-state index contributed by atoms with van der Waals surface area (Å²) in [5.41, 5.74) is 0.906. The van der Waals surface area contributed by atoms with E-state index in [0.29, 0.717) is 0 Å². The van der Waals surface area contributed by atoms with E-state index in [1.807, 2.05) is 0 Å². The summed E-state index contributed by atoms with van der Waals surface area (Å²) in [5, 5.41) is 6.49. The van der Waals surface area contributed by atoms with Gasteiger partial charge in [-0.1, -0.05) is 26.0 Å². The molecule has 8 nitrogen and oxygen atoms in total. The SMILES string of the molecule is CC(C)C(C(=O)Nc1ccc(-n2cncn2)c(F)c1)N1C(=O)c2ccccc2C1=O. The highest BCUT2D eigenvalue weighted by atomic mass is 19.1. The van der Waals surface area contributed by atoms with Crippen molar-refractivity contribution in [1.82, 2.24) is 19.7 Å². The second-order valence-corrected chi connectivity index (χ2v) is 7.21. The summed E-state index contributed by atoms with van der Waals surface area (Å²) >= 11 is 0. The number of halogens is 1. The van der Waals surface area contributed by atoms with E-state index in [1.165, 1.54) is 29.5 Å². The molecule has 2 aromatic carbocycles. The van der Waals surface area contributed by atoms with Crippen LogP contribution in [0, 0.1) is 11.7 Å². The van der Waals surface area contributed by atoms with E-state index in [0.717, 1.165) is 11.0 Å². The maximum Gasteiger partial charge on any atom is 0.262 e. The zero-order valence-corrected chi connectivity index (χ0v) is 16.2. The molecule has 30 heavy (non-hydrogen) atoms. The van der Waals surface area contributed by atoms with E-state index in [2.05, 4.69) is 15.4 Å². The van der Waals surface area contributed by atoms with Crippen LogP contribution in [0.3, 0.4) is 0 Å². The zero-order chi connectivity index (χ0) is 21.4. The Kier molecular flexibility index (Phi) is 4.86. The first kappa shape index (κ1) is 19.4. The minimum Gasteiger partial charge on any atom is -0.324 e. The quantitative estimate of drug-likeness (QED) is 0.656. The van der Waals surface area contributed by atoms with Gasteiger partial charge in [0.05, 0.1) is 11.1 Å². The fourth-order valence-electron chi connectivity index (χ4n) is 3.50. The molecular weight excluding hydrogens is 389 g/mol. The minimum atomic E-state index is -1.05. The highest BCUT2D eigenvalue weighted by Crippen LogP contribution is 2.28. The molecule has 0 spiro atoms. The van der Waals surface area contributed by atoms with Crippen LogP contribution in [0.5, 0.6) is 0 Å². The van der Waals surface area contributed by atoms with E-state index in [-0.39, 0.29) is 28.4 Å². The average molecular weight is 407 g/mol. The van der Waals surface area contributed by atoms with Gasteiger partial charge >= 0.3 is 0 Å². The molecule has 1 unspecified atom stereocenters. The monoisotopic (exact) mass is 407 g/mol. The number of aromatic nitrogens is 3. The third kappa shape index (κ3) is 3.24. The van der Waals surface area contributed by atoms with Crippen molar-refractivity contribution in [1.29, 1.82) is 0 Å². The van der Waals surface area contributed by atoms with Gasteiger partial charge in [0.2, 0.25) is 5.91 Å². The summed E-state index contributed by atoms with van der Waals surface area (Å²) in [4.78, 5) is 43.3. The number of rotatable bonds is 5. The molecular formula is C21H18FN5O3. The molecule has 0 bridgehead atoms. The average Bonchev–Trinajstić information content (AvgIpc) is 3.32. The Morgan fingerprint density at radius 1 is 1.07 bits per heavy atom. The van der Waals surface area contributed by atoms with Gasteiger partial charge in [0.1, 0.15) is 24.4 Å². The molecule has 0 saturated carbocycles. The molecule has 1 atom stereocenters. The lowest BCUT2D eigenvalue weighted by Gasteiger charge is -2.28. The van der Waals surface area contributed by atoms with Gasteiger partial charge < -0.3 is 5.32 Å². The highest BCUT2D eigenvalue weighted by Gasteiger charge is 2.43. The van der Waals surface area contributed by atoms with Gasteiger partial charge in [0.15, 0.2) is 5.82 Å². The topological polar surface area (TPSA) is 97.2 Å². The Morgan fingerprint density at radius 2 is 1.73 bits per heavy atom. The Labute approximate surface area is 171 Å². The molecule has 0 radical (unpaired) electrons. The normalized spacial score (nSPS) is 14.2. The molecule has 3 aromatic rings. The van der Waals surface area contributed by atoms with Crippen LogP contribution >= 0.6 is 0 Å². The molecule has 1 aromatic heterocycles. The van der Waals surface area contributed by atoms with Crippen LogP contribution in [-0.2, 0) is 4.79 Å². The van der Waals surface area contributed by atoms with Crippen LogP contribution in [0.2, 0.25) is 0 Å². The number of anilines is 1. The van der Waals surface area contributed by atoms with Gasteiger partial charge in [-0.15, -0.1) is 0 Å². The largest absolute Gasteiger partial charge is 0.324 e. The van der Waals surface area contributed by atoms with Crippen LogP contribution in [0.1, 0.15) is 34.6 Å². The van der Waals surface area contributed by atoms with E-state index in [9.17, 15) is 18.8 Å². The van der Waals surface area contributed by atoms with Crippen molar-refractivity contribution in [2.45, 2.75) is 19.9 Å². The maximum atomic E-state index is 14.5. The van der Waals surface area contributed by atoms with Crippen molar-refractivity contribution in [3.8, 4) is 5.69 Å². The second kappa shape index (κ2) is 7.51. The lowest BCUT2D eigenvalue weighted by molar-refractivity contribution is -0.121. The molecule has 1 aliphatic heterocycles. The smallest absolute Gasteiger partial charge is 0.262 e. The first-order valence-electron chi connectivity index (χ1n) is 9.31. The van der Waals surface area contributed by atoms with Crippen LogP contribution in [0.25, 0.3) is 5.69 Å². The van der Waals surface area contributed by atoms with E-state index < -0.39 is 29.6 Å². The minimum absolute atomic E-state index is 0.172. The van der Waals surface area contributed by atoms with Crippen molar-refractivity contribution < 1.29 is 18.8 Å². The standard InChI is InChI=1S/C21H18FN5O3/c1-12(2)18(27-20(29)14-5-3-4-6-15(14)21(27)30)19(28)25-13-7-8-17(16(22)9-13)26-11-23-10-24-26/h3-12,18H,1-2H3,(H,25,28). The predicted molar refractivity (Wildman–Crippen MR) is 106 cm³/mol. The lowest BCUT2D eigenvalue weighted by atomic mass is 10.0. The molecule has 4 rings (SSSR count). The number of nitrogens with one attached hydrogen (secondary N) is 1. The Bertz CT molecular complexity index is 1110. The Morgan fingerprint density at radius 3 is 2.27 bits per heavy atom. The van der Waals surface area contributed by atoms with Crippen molar-refractivity contribution in [3.63, 3.8) is 0 Å². The lowest BCUT2D eigenvalue weighted by Crippen LogP contribution is -2.50. The summed E-state index contributed by atoms with van der Waals surface area (Å²) in [6.45, 7) is 3.48. The molecule has 152 valence electrons. The summed E-state index contributed by atoms with van der Waals surface area (Å²) in [6, 6.07) is 9.51. The predicted octanol–water partition coefficient (Wildman–Crippen LogP) is 2.67. The van der Waals surface area contributed by atoms with Gasteiger partial charge in [0, 0.05) is 5.69 Å². The van der Waals surface area contributed by atoms with Gasteiger partial charge in [0.25, 0.3) is 11.8 Å². The fraction of sp³-hybridized carbons (Fsp3) is 0.190. The number of fused-ring (bicyclic) bond motifs is 1. The molecule has 3 amide bonds. The molecule has 9 heteroatoms. The number of benzene rings is 2. The number of nitrogens with zero attached hydrogens (tertiary/aromatic N) is 4. The Balaban J connectivity index is 1.59. The first-order valence-corrected chi connectivity index (χ1v) is 9.31. The molecule has 1 N–H and O–H groups in total. The maximum absolute atomic E-state index is 14.5. The summed E-state index contributed by atoms with van der Waals surface area (Å²) < 4.78 is 15.7. The number of carbonyl (C=O) groups excluding carboxylic acids is 3. The first-order chi connectivity index (χ1) is 14.4. The van der Waals surface area contributed by atoms with E-state index in [4.69, 9.17) is 0 Å². The van der Waals surface area contributed by atoms with E-state index >= 15 is 0 Å². The number of amides is 3. The van der Waals surface area contributed by atoms with Crippen LogP contribution in [0.15, 0.2) is 55.1 Å². The van der Waals surface area contributed by atoms with Crippen LogP contribution in [-0.4, -0.2) is 43.4 Å². The molecule has 1 aliphatic rings. The number of carbonyl (C=O) groups is 3. The Hall–Kier alpha value is -3.88. The summed E-state index contributed by atoms with van der Waals surface area (Å²) in [6.07, 6.45) is 2.64. The van der Waals surface area contributed by atoms with Crippen molar-refractivity contribution in [2.75, 3.05) is 5.32 Å². The van der Waals surface area contributed by atoms with Gasteiger partial charge in [-0.05, 0) is 36.2 Å². The van der Waals surface area contributed by atoms with Crippen molar-refractivity contribution in [2.24, 2.45) is 5.92 Å². The van der Waals surface area contributed by atoms with Gasteiger partial charge in [-0.25, -0.2) is 14.1 Å². The van der Waals surface area contributed by atoms with Crippen molar-refractivity contribution >= 4 is 23.4 Å². The van der Waals surface area contributed by atoms with Gasteiger partial charge in [-0.3, -0.25) is 19.3 Å². The third-order valence-corrected chi connectivity index (χ3v) is 4.88. The number of imide groups is 1. The molecule has 0 fully saturated rings.